The predicted molar refractivity (Wildman–Crippen MR) is 79.9 cm³/mol. The summed E-state index contributed by atoms with van der Waals surface area (Å²) in [5.74, 6) is 0.956. The Morgan fingerprint density at radius 3 is 2.35 bits per heavy atom. The van der Waals surface area contributed by atoms with Gasteiger partial charge in [-0.05, 0) is 31.6 Å². The van der Waals surface area contributed by atoms with Crippen LogP contribution in [0, 0.1) is 5.92 Å². The Balaban J connectivity index is 1.49. The minimum atomic E-state index is 0.242. The van der Waals surface area contributed by atoms with Gasteiger partial charge < -0.3 is 14.8 Å². The Bertz CT molecular complexity index is 301. The topological polar surface area (TPSA) is 33.7 Å². The molecule has 2 aliphatic heterocycles. The number of hydrogen-bond donors (Lipinski definition) is 1. The molecule has 5 unspecified atom stereocenters. The van der Waals surface area contributed by atoms with E-state index in [2.05, 4.69) is 10.2 Å². The van der Waals surface area contributed by atoms with Gasteiger partial charge in [-0.2, -0.15) is 0 Å². The van der Waals surface area contributed by atoms with Crippen LogP contribution in [0.2, 0.25) is 0 Å². The van der Waals surface area contributed by atoms with Gasteiger partial charge in [-0.3, -0.25) is 4.90 Å². The first-order chi connectivity index (χ1) is 9.80. The summed E-state index contributed by atoms with van der Waals surface area (Å²) in [6, 6.07) is 1.46. The van der Waals surface area contributed by atoms with Crippen LogP contribution in [0.3, 0.4) is 0 Å². The number of nitrogens with zero attached hydrogens (tertiary/aromatic N) is 1. The molecule has 5 atom stereocenters. The first kappa shape index (κ1) is 14.8. The molecular weight excluding hydrogens is 252 g/mol. The summed E-state index contributed by atoms with van der Waals surface area (Å²) in [5, 5.41) is 3.92. The number of fused-ring (bicyclic) bond motifs is 1. The highest BCUT2D eigenvalue weighted by Gasteiger charge is 2.36. The predicted octanol–water partition coefficient (Wildman–Crippen LogP) is 1.64. The van der Waals surface area contributed by atoms with Gasteiger partial charge >= 0.3 is 0 Å². The molecule has 4 heteroatoms. The Kier molecular flexibility index (Phi) is 4.97. The second-order valence-corrected chi connectivity index (χ2v) is 6.86. The van der Waals surface area contributed by atoms with Crippen molar-refractivity contribution >= 4 is 0 Å². The second kappa shape index (κ2) is 6.73. The molecule has 1 N–H and O–H groups in total. The lowest BCUT2D eigenvalue weighted by atomic mass is 9.78. The van der Waals surface area contributed by atoms with Gasteiger partial charge in [0.25, 0.3) is 0 Å². The minimum Gasteiger partial charge on any atom is -0.377 e. The van der Waals surface area contributed by atoms with E-state index < -0.39 is 0 Å². The maximum Gasteiger partial charge on any atom is 0.0971 e. The zero-order valence-corrected chi connectivity index (χ0v) is 13.0. The van der Waals surface area contributed by atoms with Gasteiger partial charge in [-0.15, -0.1) is 0 Å². The third-order valence-electron chi connectivity index (χ3n) is 5.62. The van der Waals surface area contributed by atoms with Crippen LogP contribution in [0.5, 0.6) is 0 Å². The molecule has 20 heavy (non-hydrogen) atoms. The van der Waals surface area contributed by atoms with E-state index in [4.69, 9.17) is 9.47 Å². The molecular formula is C16H30N2O2. The average Bonchev–Trinajstić information content (AvgIpc) is 2.89. The third kappa shape index (κ3) is 3.19. The van der Waals surface area contributed by atoms with Crippen LogP contribution in [0.1, 0.15) is 38.5 Å². The normalized spacial score (nSPS) is 42.6. The summed E-state index contributed by atoms with van der Waals surface area (Å²) in [4.78, 5) is 2.52. The zero-order chi connectivity index (χ0) is 13.9. The van der Waals surface area contributed by atoms with Gasteiger partial charge in [-0.1, -0.05) is 12.8 Å². The van der Waals surface area contributed by atoms with Crippen molar-refractivity contribution < 1.29 is 9.47 Å². The van der Waals surface area contributed by atoms with Gasteiger partial charge in [0.2, 0.25) is 0 Å². The van der Waals surface area contributed by atoms with Gasteiger partial charge in [0.05, 0.1) is 12.2 Å². The highest BCUT2D eigenvalue weighted by Crippen LogP contribution is 2.32. The van der Waals surface area contributed by atoms with Crippen molar-refractivity contribution in [3.63, 3.8) is 0 Å². The Labute approximate surface area is 123 Å². The first-order valence-electron chi connectivity index (χ1n) is 8.34. The summed E-state index contributed by atoms with van der Waals surface area (Å²) >= 11 is 0. The smallest absolute Gasteiger partial charge is 0.0971 e. The highest BCUT2D eigenvalue weighted by atomic mass is 16.5. The standard InChI is InChI=1S/C16H30N2O2/c1-19-15-10-18(11-16(15)20-2)9-13-8-7-12-5-3-4-6-14(12)17-13/h12-17H,3-11H2,1-2H3. The van der Waals surface area contributed by atoms with E-state index in [1.165, 1.54) is 38.5 Å². The number of nitrogens with one attached hydrogen (secondary N) is 1. The number of piperidine rings is 1. The number of rotatable bonds is 4. The van der Waals surface area contributed by atoms with E-state index in [1.54, 1.807) is 14.2 Å². The molecule has 1 aliphatic carbocycles. The third-order valence-corrected chi connectivity index (χ3v) is 5.62. The molecule has 4 nitrogen and oxygen atoms in total. The van der Waals surface area contributed by atoms with Crippen molar-refractivity contribution in [1.29, 1.82) is 0 Å². The van der Waals surface area contributed by atoms with E-state index in [9.17, 15) is 0 Å². The van der Waals surface area contributed by atoms with E-state index in [-0.39, 0.29) is 12.2 Å². The summed E-state index contributed by atoms with van der Waals surface area (Å²) in [6.45, 7) is 3.19. The fraction of sp³-hybridized carbons (Fsp3) is 1.00. The van der Waals surface area contributed by atoms with E-state index in [1.807, 2.05) is 0 Å². The van der Waals surface area contributed by atoms with E-state index in [0.717, 1.165) is 31.6 Å². The summed E-state index contributed by atoms with van der Waals surface area (Å²) in [5.41, 5.74) is 0. The lowest BCUT2D eigenvalue weighted by molar-refractivity contribution is -0.00461. The fourth-order valence-electron chi connectivity index (χ4n) is 4.45. The van der Waals surface area contributed by atoms with Crippen LogP contribution in [-0.2, 0) is 9.47 Å². The molecule has 0 aromatic rings. The van der Waals surface area contributed by atoms with Gasteiger partial charge in [0, 0.05) is 45.9 Å². The number of hydrogen-bond acceptors (Lipinski definition) is 4. The average molecular weight is 282 g/mol. The van der Waals surface area contributed by atoms with Crippen LogP contribution in [0.25, 0.3) is 0 Å². The molecule has 0 aromatic heterocycles. The Morgan fingerprint density at radius 2 is 1.65 bits per heavy atom. The van der Waals surface area contributed by atoms with Crippen molar-refractivity contribution in [2.45, 2.75) is 62.8 Å². The lowest BCUT2D eigenvalue weighted by Gasteiger charge is -2.41. The quantitative estimate of drug-likeness (QED) is 0.850. The molecule has 0 radical (unpaired) electrons. The number of likely N-dealkylation sites (tertiary alicyclic amines) is 1. The summed E-state index contributed by atoms with van der Waals surface area (Å²) in [6.07, 6.45) is 8.96. The highest BCUT2D eigenvalue weighted by molar-refractivity contribution is 4.93. The van der Waals surface area contributed by atoms with Crippen LogP contribution in [-0.4, -0.2) is 63.0 Å². The minimum absolute atomic E-state index is 0.242. The molecule has 1 saturated carbocycles. The second-order valence-electron chi connectivity index (χ2n) is 6.86. The molecule has 0 aromatic carbocycles. The molecule has 0 spiro atoms. The molecule has 2 saturated heterocycles. The summed E-state index contributed by atoms with van der Waals surface area (Å²) < 4.78 is 11.1. The lowest BCUT2D eigenvalue weighted by Crippen LogP contribution is -2.52. The van der Waals surface area contributed by atoms with Crippen molar-refractivity contribution in [1.82, 2.24) is 10.2 Å². The largest absolute Gasteiger partial charge is 0.377 e. The van der Waals surface area contributed by atoms with Crippen molar-refractivity contribution in [3.8, 4) is 0 Å². The summed E-state index contributed by atoms with van der Waals surface area (Å²) in [7, 11) is 3.59. The van der Waals surface area contributed by atoms with Gasteiger partial charge in [-0.25, -0.2) is 0 Å². The van der Waals surface area contributed by atoms with Crippen molar-refractivity contribution in [3.05, 3.63) is 0 Å². The van der Waals surface area contributed by atoms with E-state index in [0.29, 0.717) is 6.04 Å². The zero-order valence-electron chi connectivity index (χ0n) is 13.0. The maximum absolute atomic E-state index is 5.53. The SMILES string of the molecule is COC1CN(CC2CCC3CCCCC3N2)CC1OC. The van der Waals surface area contributed by atoms with Crippen LogP contribution < -0.4 is 5.32 Å². The first-order valence-corrected chi connectivity index (χ1v) is 8.34. The van der Waals surface area contributed by atoms with Crippen LogP contribution in [0.15, 0.2) is 0 Å². The van der Waals surface area contributed by atoms with E-state index >= 15 is 0 Å². The number of methoxy groups -OCH3 is 2. The monoisotopic (exact) mass is 282 g/mol. The molecule has 0 amide bonds. The van der Waals surface area contributed by atoms with Crippen LogP contribution in [0.4, 0.5) is 0 Å². The fourth-order valence-corrected chi connectivity index (χ4v) is 4.45. The molecule has 2 heterocycles. The molecule has 0 bridgehead atoms. The number of ether oxygens (including phenoxy) is 2. The van der Waals surface area contributed by atoms with Crippen molar-refractivity contribution in [2.75, 3.05) is 33.9 Å². The van der Waals surface area contributed by atoms with Gasteiger partial charge in [0.15, 0.2) is 0 Å². The van der Waals surface area contributed by atoms with Crippen molar-refractivity contribution in [2.24, 2.45) is 5.92 Å². The molecule has 3 aliphatic rings. The van der Waals surface area contributed by atoms with Crippen LogP contribution >= 0.6 is 0 Å². The molecule has 3 fully saturated rings. The maximum atomic E-state index is 5.53. The Hall–Kier alpha value is -0.160. The Morgan fingerprint density at radius 1 is 0.950 bits per heavy atom. The molecule has 116 valence electrons. The van der Waals surface area contributed by atoms with Gasteiger partial charge in [0.1, 0.15) is 0 Å². The molecule has 3 rings (SSSR count).